The molecule has 1 aliphatic rings. The van der Waals surface area contributed by atoms with Gasteiger partial charge in [0.25, 0.3) is 0 Å². The average molecular weight is 314 g/mol. The predicted octanol–water partition coefficient (Wildman–Crippen LogP) is 6.72. The highest BCUT2D eigenvalue weighted by atomic mass is 16.3. The second-order valence-electron chi connectivity index (χ2n) is 7.12. The Morgan fingerprint density at radius 1 is 1.08 bits per heavy atom. The molecule has 0 bridgehead atoms. The average Bonchev–Trinajstić information content (AvgIpc) is 3.02. The minimum atomic E-state index is -0.00717. The van der Waals surface area contributed by atoms with E-state index in [1.165, 1.54) is 27.8 Å². The zero-order valence-electron chi connectivity index (χ0n) is 14.7. The summed E-state index contributed by atoms with van der Waals surface area (Å²) in [5.74, 6) is 0.842. The number of furan rings is 1. The van der Waals surface area contributed by atoms with Crippen LogP contribution in [-0.4, -0.2) is 0 Å². The van der Waals surface area contributed by atoms with Crippen LogP contribution in [0, 0.1) is 6.92 Å². The molecular formula is C23H22O. The van der Waals surface area contributed by atoms with Crippen molar-refractivity contribution in [2.75, 3.05) is 0 Å². The molecule has 1 heteroatoms. The Labute approximate surface area is 143 Å². The van der Waals surface area contributed by atoms with Gasteiger partial charge in [0, 0.05) is 21.9 Å². The van der Waals surface area contributed by atoms with Crippen molar-refractivity contribution in [1.29, 1.82) is 0 Å². The highest BCUT2D eigenvalue weighted by molar-refractivity contribution is 6.03. The van der Waals surface area contributed by atoms with E-state index in [2.05, 4.69) is 63.8 Å². The van der Waals surface area contributed by atoms with E-state index < -0.39 is 0 Å². The van der Waals surface area contributed by atoms with Crippen LogP contribution in [0.1, 0.15) is 48.8 Å². The van der Waals surface area contributed by atoms with E-state index in [0.717, 1.165) is 22.3 Å². The largest absolute Gasteiger partial charge is 0.455 e. The lowest BCUT2D eigenvalue weighted by Gasteiger charge is -2.21. The molecule has 3 aromatic rings. The Balaban J connectivity index is 2.15. The summed E-state index contributed by atoms with van der Waals surface area (Å²) in [6, 6.07) is 11.2. The molecule has 1 aliphatic carbocycles. The highest BCUT2D eigenvalue weighted by Gasteiger charge is 2.37. The topological polar surface area (TPSA) is 13.1 Å². The van der Waals surface area contributed by atoms with Crippen LogP contribution < -0.4 is 0 Å². The molecule has 0 N–H and O–H groups in total. The van der Waals surface area contributed by atoms with Gasteiger partial charge < -0.3 is 4.42 Å². The summed E-state index contributed by atoms with van der Waals surface area (Å²) in [5.41, 5.74) is 8.64. The van der Waals surface area contributed by atoms with Crippen LogP contribution in [0.15, 0.2) is 47.4 Å². The monoisotopic (exact) mass is 314 g/mol. The smallest absolute Gasteiger partial charge is 0.143 e. The molecule has 2 aromatic carbocycles. The normalized spacial score (nSPS) is 15.0. The van der Waals surface area contributed by atoms with Gasteiger partial charge in [-0.05, 0) is 36.6 Å². The lowest BCUT2D eigenvalue weighted by atomic mass is 9.82. The highest BCUT2D eigenvalue weighted by Crippen LogP contribution is 2.52. The molecule has 1 heterocycles. The van der Waals surface area contributed by atoms with Gasteiger partial charge in [-0.1, -0.05) is 68.5 Å². The second-order valence-corrected chi connectivity index (χ2v) is 7.12. The van der Waals surface area contributed by atoms with Crippen molar-refractivity contribution in [3.8, 4) is 11.1 Å². The second kappa shape index (κ2) is 4.98. The fourth-order valence-corrected chi connectivity index (χ4v) is 4.02. The van der Waals surface area contributed by atoms with Gasteiger partial charge in [-0.15, -0.1) is 0 Å². The van der Waals surface area contributed by atoms with Crippen molar-refractivity contribution in [3.05, 3.63) is 71.0 Å². The van der Waals surface area contributed by atoms with Crippen molar-refractivity contribution in [2.24, 2.45) is 0 Å². The van der Waals surface area contributed by atoms with Crippen molar-refractivity contribution in [1.82, 2.24) is 0 Å². The maximum absolute atomic E-state index is 6.25. The predicted molar refractivity (Wildman–Crippen MR) is 103 cm³/mol. The number of aryl methyl sites for hydroxylation is 1. The SMILES string of the molecule is C=Cc1oc2c3c(ccc2c1/C=C\C)C(C)(C)c1cc(C)ccc1-3. The Morgan fingerprint density at radius 2 is 1.88 bits per heavy atom. The molecule has 1 nitrogen and oxygen atoms in total. The third kappa shape index (κ3) is 1.81. The van der Waals surface area contributed by atoms with Crippen molar-refractivity contribution in [3.63, 3.8) is 0 Å². The van der Waals surface area contributed by atoms with E-state index in [-0.39, 0.29) is 5.41 Å². The molecule has 0 spiro atoms. The van der Waals surface area contributed by atoms with Crippen LogP contribution >= 0.6 is 0 Å². The zero-order valence-corrected chi connectivity index (χ0v) is 14.7. The minimum Gasteiger partial charge on any atom is -0.455 e. The Kier molecular flexibility index (Phi) is 3.11. The van der Waals surface area contributed by atoms with E-state index in [0.29, 0.717) is 0 Å². The number of hydrogen-bond acceptors (Lipinski definition) is 1. The van der Waals surface area contributed by atoms with E-state index in [1.54, 1.807) is 6.08 Å². The molecular weight excluding hydrogens is 292 g/mol. The molecule has 0 amide bonds. The van der Waals surface area contributed by atoms with Crippen molar-refractivity contribution < 1.29 is 4.42 Å². The van der Waals surface area contributed by atoms with E-state index in [9.17, 15) is 0 Å². The van der Waals surface area contributed by atoms with Crippen LogP contribution in [0.4, 0.5) is 0 Å². The fourth-order valence-electron chi connectivity index (χ4n) is 4.02. The third-order valence-corrected chi connectivity index (χ3v) is 5.24. The molecule has 0 fully saturated rings. The first kappa shape index (κ1) is 15.0. The summed E-state index contributed by atoms with van der Waals surface area (Å²) in [6.07, 6.45) is 5.95. The summed E-state index contributed by atoms with van der Waals surface area (Å²) in [5, 5.41) is 1.16. The molecule has 120 valence electrons. The van der Waals surface area contributed by atoms with Gasteiger partial charge in [-0.25, -0.2) is 0 Å². The van der Waals surface area contributed by atoms with Gasteiger partial charge in [0.2, 0.25) is 0 Å². The van der Waals surface area contributed by atoms with E-state index in [1.807, 2.05) is 13.0 Å². The standard InChI is InChI=1S/C23H22O/c1-6-8-15-16-11-12-18-21(22(16)24-20(15)7-2)17-10-9-14(3)13-19(17)23(18,4)5/h6-13H,2H2,1,3-5H3/b8-6-. The molecule has 0 saturated heterocycles. The van der Waals surface area contributed by atoms with Gasteiger partial charge in [-0.3, -0.25) is 0 Å². The van der Waals surface area contributed by atoms with Gasteiger partial charge >= 0.3 is 0 Å². The number of benzene rings is 2. The van der Waals surface area contributed by atoms with Crippen molar-refractivity contribution >= 4 is 23.1 Å². The molecule has 1 aromatic heterocycles. The molecule has 24 heavy (non-hydrogen) atoms. The summed E-state index contributed by atoms with van der Waals surface area (Å²) in [6.45, 7) is 12.7. The third-order valence-electron chi connectivity index (χ3n) is 5.24. The van der Waals surface area contributed by atoms with Gasteiger partial charge in [0.1, 0.15) is 11.3 Å². The van der Waals surface area contributed by atoms with Gasteiger partial charge in [0.15, 0.2) is 0 Å². The Bertz CT molecular complexity index is 1010. The maximum Gasteiger partial charge on any atom is 0.143 e. The minimum absolute atomic E-state index is 0.00717. The molecule has 0 aliphatic heterocycles. The van der Waals surface area contributed by atoms with Crippen LogP contribution in [-0.2, 0) is 5.41 Å². The van der Waals surface area contributed by atoms with E-state index >= 15 is 0 Å². The lowest BCUT2D eigenvalue weighted by Crippen LogP contribution is -2.14. The molecule has 0 radical (unpaired) electrons. The van der Waals surface area contributed by atoms with E-state index in [4.69, 9.17) is 4.42 Å². The first-order valence-corrected chi connectivity index (χ1v) is 8.45. The fraction of sp³-hybridized carbons (Fsp3) is 0.217. The first-order chi connectivity index (χ1) is 11.5. The first-order valence-electron chi connectivity index (χ1n) is 8.45. The molecule has 4 rings (SSSR count). The maximum atomic E-state index is 6.25. The summed E-state index contributed by atoms with van der Waals surface area (Å²) >= 11 is 0. The summed E-state index contributed by atoms with van der Waals surface area (Å²) in [7, 11) is 0. The zero-order chi connectivity index (χ0) is 17.1. The summed E-state index contributed by atoms with van der Waals surface area (Å²) < 4.78 is 6.25. The quantitative estimate of drug-likeness (QED) is 0.511. The van der Waals surface area contributed by atoms with Gasteiger partial charge in [-0.2, -0.15) is 0 Å². The number of rotatable bonds is 2. The van der Waals surface area contributed by atoms with Crippen LogP contribution in [0.5, 0.6) is 0 Å². The Morgan fingerprint density at radius 3 is 2.58 bits per heavy atom. The van der Waals surface area contributed by atoms with Crippen LogP contribution in [0.25, 0.3) is 34.2 Å². The Hall–Kier alpha value is -2.54. The number of allylic oxidation sites excluding steroid dienone is 1. The molecule has 0 atom stereocenters. The lowest BCUT2D eigenvalue weighted by molar-refractivity contribution is 0.603. The number of fused-ring (bicyclic) bond motifs is 5. The molecule has 0 saturated carbocycles. The number of hydrogen-bond donors (Lipinski definition) is 0. The van der Waals surface area contributed by atoms with Gasteiger partial charge in [0.05, 0.1) is 0 Å². The summed E-state index contributed by atoms with van der Waals surface area (Å²) in [4.78, 5) is 0. The van der Waals surface area contributed by atoms with Crippen LogP contribution in [0.3, 0.4) is 0 Å². The van der Waals surface area contributed by atoms with Crippen molar-refractivity contribution in [2.45, 2.75) is 33.1 Å². The molecule has 0 unspecified atom stereocenters. The van der Waals surface area contributed by atoms with Crippen LogP contribution in [0.2, 0.25) is 0 Å².